The fourth-order valence-electron chi connectivity index (χ4n) is 0.128. The van der Waals surface area contributed by atoms with E-state index in [0.29, 0.717) is 0 Å². The van der Waals surface area contributed by atoms with Gasteiger partial charge in [-0.05, 0) is 0 Å². The van der Waals surface area contributed by atoms with Crippen LogP contribution in [0.2, 0.25) is 0 Å². The van der Waals surface area contributed by atoms with Crippen molar-refractivity contribution in [2.45, 2.75) is 0 Å². The van der Waals surface area contributed by atoms with Crippen molar-refractivity contribution in [2.75, 3.05) is 0 Å². The first-order valence-electron chi connectivity index (χ1n) is 1.65. The predicted molar refractivity (Wildman–Crippen MR) is 29.3 cm³/mol. The van der Waals surface area contributed by atoms with Gasteiger partial charge in [0.1, 0.15) is 11.4 Å². The largest absolute Gasteiger partial charge is 0.836 e. The highest BCUT2D eigenvalue weighted by Crippen LogP contribution is 2.02. The summed E-state index contributed by atoms with van der Waals surface area (Å²) in [6.45, 7) is 0. The molecule has 0 heterocycles. The Morgan fingerprint density at radius 3 is 2.40 bits per heavy atom. The fourth-order valence-corrected chi connectivity index (χ4v) is 0.785. The zero-order chi connectivity index (χ0) is 8.15. The number of hydrogen-bond donors (Lipinski definition) is 0. The second-order valence-electron chi connectivity index (χ2n) is 0.856. The van der Waals surface area contributed by atoms with Crippen molar-refractivity contribution >= 4 is 28.7 Å². The van der Waals surface area contributed by atoms with Crippen molar-refractivity contribution in [3.05, 3.63) is 4.13 Å². The van der Waals surface area contributed by atoms with Crippen molar-refractivity contribution in [3.63, 3.8) is 0 Å². The number of halogens is 2. The smallest absolute Gasteiger partial charge is 0.155 e. The van der Waals surface area contributed by atoms with E-state index in [-0.39, 0.29) is 0 Å². The standard InChI is InChI=1S/CHF2N2O3S2/c2-1(6)4-10(8)5-9(3)7/h(H,4,6)/q-1/p-1. The number of hydrogen-bond acceptors (Lipinski definition) is 3. The lowest BCUT2D eigenvalue weighted by Gasteiger charge is -2.07. The molecule has 0 fully saturated rings. The summed E-state index contributed by atoms with van der Waals surface area (Å²) in [5, 5.41) is 9.33. The summed E-state index contributed by atoms with van der Waals surface area (Å²) in [5.74, 6) is 0. The highest BCUT2D eigenvalue weighted by Gasteiger charge is 1.83. The minimum Gasteiger partial charge on any atom is -0.836 e. The van der Waals surface area contributed by atoms with E-state index < -0.39 is 28.7 Å². The summed E-state index contributed by atoms with van der Waals surface area (Å²) < 4.78 is 46.0. The van der Waals surface area contributed by atoms with Gasteiger partial charge in [0, 0.05) is 0 Å². The summed E-state index contributed by atoms with van der Waals surface area (Å²) >= 11 is -5.93. The van der Waals surface area contributed by atoms with Crippen LogP contribution in [0.4, 0.5) is 8.28 Å². The third-order valence-corrected chi connectivity index (χ3v) is 1.55. The quantitative estimate of drug-likeness (QED) is 0.331. The Labute approximate surface area is 59.8 Å². The lowest BCUT2D eigenvalue weighted by Crippen LogP contribution is -2.10. The molecule has 0 radical (unpaired) electrons. The minimum absolute atomic E-state index is 2.08. The van der Waals surface area contributed by atoms with E-state index in [2.05, 4.69) is 8.53 Å². The summed E-state index contributed by atoms with van der Waals surface area (Å²) in [6.07, 6.45) is -2.26. The third kappa shape index (κ3) is 5.72. The van der Waals surface area contributed by atoms with E-state index in [0.717, 1.165) is 0 Å². The maximum Gasteiger partial charge on any atom is 0.155 e. The van der Waals surface area contributed by atoms with E-state index in [1.807, 2.05) is 0 Å². The van der Waals surface area contributed by atoms with Crippen LogP contribution in [0.25, 0.3) is 4.13 Å². The van der Waals surface area contributed by atoms with Crippen molar-refractivity contribution < 1.29 is 21.8 Å². The molecule has 9 heteroatoms. The molecule has 0 N–H and O–H groups in total. The van der Waals surface area contributed by atoms with Crippen molar-refractivity contribution in [2.24, 2.45) is 4.40 Å². The van der Waals surface area contributed by atoms with Crippen LogP contribution in [0.5, 0.6) is 0 Å². The highest BCUT2D eigenvalue weighted by atomic mass is 32.3. The molecule has 2 unspecified atom stereocenters. The van der Waals surface area contributed by atoms with Gasteiger partial charge >= 0.3 is 0 Å². The molecule has 0 rings (SSSR count). The van der Waals surface area contributed by atoms with Gasteiger partial charge in [-0.25, -0.2) is 8.60 Å². The fraction of sp³-hybridized carbons (Fsp3) is 0. The van der Waals surface area contributed by atoms with Crippen molar-refractivity contribution in [3.8, 4) is 0 Å². The molecule has 10 heavy (non-hydrogen) atoms. The monoisotopic (exact) mass is 190 g/mol. The Bertz CT molecular complexity index is 189. The maximum absolute atomic E-state index is 11.2. The number of nitrogens with zero attached hydrogens (tertiary/aromatic N) is 2. The zero-order valence-electron chi connectivity index (χ0n) is 4.19. The Morgan fingerprint density at radius 2 is 2.10 bits per heavy atom. The maximum atomic E-state index is 11.2. The number of rotatable bonds is 3. The molecule has 0 aromatic rings. The molecule has 0 bridgehead atoms. The summed E-state index contributed by atoms with van der Waals surface area (Å²) in [6, 6.07) is 0. The third-order valence-electron chi connectivity index (χ3n) is 0.272. The van der Waals surface area contributed by atoms with Crippen LogP contribution in [-0.4, -0.2) is 14.6 Å². The minimum atomic E-state index is -3.20. The predicted octanol–water partition coefficient (Wildman–Crippen LogP) is -0.827. The Kier molecular flexibility index (Phi) is 4.23. The molecule has 0 spiro atoms. The van der Waals surface area contributed by atoms with Crippen LogP contribution >= 0.6 is 0 Å². The molecular formula is CF2N2O3S2-2. The molecule has 0 saturated carbocycles. The van der Waals surface area contributed by atoms with E-state index in [9.17, 15) is 21.8 Å². The van der Waals surface area contributed by atoms with Crippen molar-refractivity contribution in [1.82, 2.24) is 0 Å². The van der Waals surface area contributed by atoms with E-state index in [4.69, 9.17) is 0 Å². The first-order chi connectivity index (χ1) is 4.52. The highest BCUT2D eigenvalue weighted by molar-refractivity contribution is 8.03. The van der Waals surface area contributed by atoms with Crippen LogP contribution in [0.3, 0.4) is 0 Å². The normalized spacial score (nSPS) is 18.4. The van der Waals surface area contributed by atoms with Crippen LogP contribution in [0.1, 0.15) is 0 Å². The van der Waals surface area contributed by atoms with Gasteiger partial charge in [0.2, 0.25) is 0 Å². The first-order valence-corrected chi connectivity index (χ1v) is 3.72. The van der Waals surface area contributed by atoms with Gasteiger partial charge in [-0.2, -0.15) is 8.28 Å². The average molecular weight is 190 g/mol. The molecule has 0 aliphatic heterocycles. The van der Waals surface area contributed by atoms with Gasteiger partial charge in [-0.1, -0.05) is 0 Å². The second-order valence-corrected chi connectivity index (χ2v) is 2.51. The molecule has 2 atom stereocenters. The summed E-state index contributed by atoms with van der Waals surface area (Å²) in [4.78, 5) is 0. The lowest BCUT2D eigenvalue weighted by atomic mass is 11.5. The Balaban J connectivity index is 3.88. The Morgan fingerprint density at radius 1 is 1.60 bits per heavy atom. The molecular weight excluding hydrogens is 190 g/mol. The molecule has 0 aromatic heterocycles. The van der Waals surface area contributed by atoms with E-state index in [1.54, 1.807) is 0 Å². The van der Waals surface area contributed by atoms with E-state index >= 15 is 0 Å². The van der Waals surface area contributed by atoms with Gasteiger partial charge in [-0.3, -0.25) is 4.21 Å². The SMILES string of the molecule is O=S(F)[N-]S(=O)/N=C(\[O-])F. The van der Waals surface area contributed by atoms with Gasteiger partial charge in [-0.15, -0.1) is 0 Å². The van der Waals surface area contributed by atoms with Crippen LogP contribution in [0, 0.1) is 0 Å². The molecule has 0 amide bonds. The van der Waals surface area contributed by atoms with Gasteiger partial charge in [0.15, 0.2) is 6.15 Å². The second kappa shape index (κ2) is 4.41. The molecule has 0 aliphatic carbocycles. The first kappa shape index (κ1) is 9.59. The van der Waals surface area contributed by atoms with Gasteiger partial charge in [0.25, 0.3) is 0 Å². The van der Waals surface area contributed by atoms with E-state index in [1.165, 1.54) is 0 Å². The van der Waals surface area contributed by atoms with Crippen LogP contribution in [0.15, 0.2) is 4.40 Å². The summed E-state index contributed by atoms with van der Waals surface area (Å²) in [5.41, 5.74) is 0. The van der Waals surface area contributed by atoms with Crippen LogP contribution < -0.4 is 5.11 Å². The molecule has 0 saturated heterocycles. The molecule has 60 valence electrons. The van der Waals surface area contributed by atoms with Crippen LogP contribution in [-0.2, 0) is 22.5 Å². The average Bonchev–Trinajstić information content (AvgIpc) is 1.58. The Hall–Kier alpha value is -0.410. The van der Waals surface area contributed by atoms with Gasteiger partial charge < -0.3 is 9.23 Å². The molecule has 5 nitrogen and oxygen atoms in total. The lowest BCUT2D eigenvalue weighted by molar-refractivity contribution is -0.232. The van der Waals surface area contributed by atoms with Crippen molar-refractivity contribution in [1.29, 1.82) is 0 Å². The molecule has 0 aliphatic rings. The molecule has 0 aromatic carbocycles. The van der Waals surface area contributed by atoms with Gasteiger partial charge in [0.05, 0.1) is 11.2 Å². The summed E-state index contributed by atoms with van der Waals surface area (Å²) in [7, 11) is 0. The topological polar surface area (TPSA) is 83.7 Å². The zero-order valence-corrected chi connectivity index (χ0v) is 5.82.